The van der Waals surface area contributed by atoms with Gasteiger partial charge in [0.2, 0.25) is 0 Å². The summed E-state index contributed by atoms with van der Waals surface area (Å²) in [4.78, 5) is 19.1. The first-order valence-corrected chi connectivity index (χ1v) is 8.15. The van der Waals surface area contributed by atoms with Crippen LogP contribution in [0.25, 0.3) is 0 Å². The Balaban J connectivity index is 2.27. The first kappa shape index (κ1) is 15.2. The molecule has 0 aliphatic carbocycles. The Kier molecular flexibility index (Phi) is 4.38. The number of thiazole rings is 1. The SMILES string of the molecule is CCOC(=O)c1ncsc1NS(=O)(=O)c1ccc(N)nc1. The van der Waals surface area contributed by atoms with E-state index >= 15 is 0 Å². The number of pyridine rings is 1. The zero-order valence-corrected chi connectivity index (χ0v) is 12.6. The second-order valence-electron chi connectivity index (χ2n) is 3.77. The molecule has 10 heteroatoms. The second kappa shape index (κ2) is 6.06. The summed E-state index contributed by atoms with van der Waals surface area (Å²) in [6, 6.07) is 2.68. The Morgan fingerprint density at radius 3 is 2.81 bits per heavy atom. The normalized spacial score (nSPS) is 11.1. The first-order valence-electron chi connectivity index (χ1n) is 5.79. The lowest BCUT2D eigenvalue weighted by Crippen LogP contribution is -2.15. The number of nitrogen functional groups attached to an aromatic ring is 1. The number of nitrogens with one attached hydrogen (secondary N) is 1. The summed E-state index contributed by atoms with van der Waals surface area (Å²) in [7, 11) is -3.88. The molecule has 0 aliphatic rings. The van der Waals surface area contributed by atoms with Crippen LogP contribution in [0.2, 0.25) is 0 Å². The number of sulfonamides is 1. The van der Waals surface area contributed by atoms with Crippen LogP contribution in [0.15, 0.2) is 28.7 Å². The van der Waals surface area contributed by atoms with E-state index in [9.17, 15) is 13.2 Å². The van der Waals surface area contributed by atoms with Gasteiger partial charge in [-0.1, -0.05) is 0 Å². The van der Waals surface area contributed by atoms with E-state index in [1.165, 1.54) is 17.6 Å². The standard InChI is InChI=1S/C11H12N4O4S2/c1-2-19-11(16)9-10(20-6-14-9)15-21(17,18)7-3-4-8(12)13-5-7/h3-6,15H,2H2,1H3,(H2,12,13). The van der Waals surface area contributed by atoms with Gasteiger partial charge in [-0.05, 0) is 19.1 Å². The molecule has 0 fully saturated rings. The largest absolute Gasteiger partial charge is 0.461 e. The highest BCUT2D eigenvalue weighted by Gasteiger charge is 2.22. The lowest BCUT2D eigenvalue weighted by atomic mass is 10.5. The molecule has 2 aromatic heterocycles. The Morgan fingerprint density at radius 1 is 1.43 bits per heavy atom. The molecule has 2 rings (SSSR count). The Labute approximate surface area is 125 Å². The number of esters is 1. The Bertz CT molecular complexity index is 740. The third-order valence-corrected chi connectivity index (χ3v) is 4.54. The molecule has 0 radical (unpaired) electrons. The number of carbonyl (C=O) groups is 1. The number of aromatic nitrogens is 2. The fourth-order valence-electron chi connectivity index (χ4n) is 1.40. The van der Waals surface area contributed by atoms with Gasteiger partial charge in [-0.25, -0.2) is 23.2 Å². The average molecular weight is 328 g/mol. The molecule has 0 aromatic carbocycles. The van der Waals surface area contributed by atoms with Gasteiger partial charge in [0.05, 0.1) is 12.1 Å². The maximum Gasteiger partial charge on any atom is 0.360 e. The number of anilines is 2. The fourth-order valence-corrected chi connectivity index (χ4v) is 3.33. The van der Waals surface area contributed by atoms with E-state index in [1.54, 1.807) is 6.92 Å². The zero-order valence-electron chi connectivity index (χ0n) is 10.9. The van der Waals surface area contributed by atoms with Crippen molar-refractivity contribution in [2.24, 2.45) is 0 Å². The summed E-state index contributed by atoms with van der Waals surface area (Å²) in [6.07, 6.45) is 1.13. The Hall–Kier alpha value is -2.20. The third kappa shape index (κ3) is 3.47. The third-order valence-electron chi connectivity index (χ3n) is 2.33. The van der Waals surface area contributed by atoms with Crippen molar-refractivity contribution in [2.45, 2.75) is 11.8 Å². The summed E-state index contributed by atoms with van der Waals surface area (Å²) >= 11 is 0.981. The summed E-state index contributed by atoms with van der Waals surface area (Å²) in [5, 5.41) is 0.0882. The minimum absolute atomic E-state index is 0.0695. The van der Waals surface area contributed by atoms with Crippen LogP contribution in [-0.2, 0) is 14.8 Å². The molecule has 0 saturated carbocycles. The summed E-state index contributed by atoms with van der Waals surface area (Å²) < 4.78 is 31.4. The summed E-state index contributed by atoms with van der Waals surface area (Å²) in [5.41, 5.74) is 6.69. The highest BCUT2D eigenvalue weighted by Crippen LogP contribution is 2.24. The summed E-state index contributed by atoms with van der Waals surface area (Å²) in [6.45, 7) is 1.82. The van der Waals surface area contributed by atoms with E-state index < -0.39 is 16.0 Å². The van der Waals surface area contributed by atoms with Crippen molar-refractivity contribution in [3.8, 4) is 0 Å². The van der Waals surface area contributed by atoms with Gasteiger partial charge in [-0.2, -0.15) is 0 Å². The van der Waals surface area contributed by atoms with Gasteiger partial charge in [0.25, 0.3) is 10.0 Å². The molecule has 112 valence electrons. The number of carbonyl (C=O) groups excluding carboxylic acids is 1. The van der Waals surface area contributed by atoms with Crippen molar-refractivity contribution in [2.75, 3.05) is 17.1 Å². The monoisotopic (exact) mass is 328 g/mol. The molecule has 0 atom stereocenters. The molecule has 2 heterocycles. The van der Waals surface area contributed by atoms with Gasteiger partial charge in [0.15, 0.2) is 5.69 Å². The van der Waals surface area contributed by atoms with Gasteiger partial charge >= 0.3 is 5.97 Å². The van der Waals surface area contributed by atoms with Crippen LogP contribution >= 0.6 is 11.3 Å². The molecule has 8 nitrogen and oxygen atoms in total. The van der Waals surface area contributed by atoms with E-state index in [0.717, 1.165) is 17.5 Å². The van der Waals surface area contributed by atoms with E-state index in [1.807, 2.05) is 0 Å². The predicted molar refractivity (Wildman–Crippen MR) is 77.5 cm³/mol. The lowest BCUT2D eigenvalue weighted by Gasteiger charge is -2.07. The van der Waals surface area contributed by atoms with Crippen molar-refractivity contribution in [3.63, 3.8) is 0 Å². The van der Waals surface area contributed by atoms with Gasteiger partial charge in [-0.3, -0.25) is 4.72 Å². The van der Waals surface area contributed by atoms with Gasteiger partial charge in [0, 0.05) is 6.20 Å². The maximum absolute atomic E-state index is 12.2. The minimum Gasteiger partial charge on any atom is -0.461 e. The van der Waals surface area contributed by atoms with Crippen LogP contribution in [-0.4, -0.2) is 31.0 Å². The van der Waals surface area contributed by atoms with Crippen LogP contribution in [0.1, 0.15) is 17.4 Å². The van der Waals surface area contributed by atoms with Crippen molar-refractivity contribution in [1.29, 1.82) is 0 Å². The number of hydrogen-bond donors (Lipinski definition) is 2. The topological polar surface area (TPSA) is 124 Å². The molecule has 0 saturated heterocycles. The quantitative estimate of drug-likeness (QED) is 0.787. The van der Waals surface area contributed by atoms with E-state index in [0.29, 0.717) is 0 Å². The minimum atomic E-state index is -3.88. The average Bonchev–Trinajstić information content (AvgIpc) is 2.87. The molecular formula is C11H12N4O4S2. The lowest BCUT2D eigenvalue weighted by molar-refractivity contribution is 0.0521. The molecular weight excluding hydrogens is 316 g/mol. The van der Waals surface area contributed by atoms with Crippen LogP contribution in [0, 0.1) is 0 Å². The highest BCUT2D eigenvalue weighted by atomic mass is 32.2. The molecule has 2 aromatic rings. The van der Waals surface area contributed by atoms with Crippen molar-refractivity contribution < 1.29 is 17.9 Å². The number of ether oxygens (including phenoxy) is 1. The van der Waals surface area contributed by atoms with Gasteiger partial charge < -0.3 is 10.5 Å². The molecule has 0 unspecified atom stereocenters. The van der Waals surface area contributed by atoms with Gasteiger partial charge in [-0.15, -0.1) is 11.3 Å². The van der Waals surface area contributed by atoms with Crippen LogP contribution < -0.4 is 10.5 Å². The second-order valence-corrected chi connectivity index (χ2v) is 6.31. The Morgan fingerprint density at radius 2 is 2.19 bits per heavy atom. The van der Waals surface area contributed by atoms with E-state index in [4.69, 9.17) is 10.5 Å². The predicted octanol–water partition coefficient (Wildman–Crippen LogP) is 1.10. The molecule has 0 spiro atoms. The summed E-state index contributed by atoms with van der Waals surface area (Å²) in [5.74, 6) is -0.481. The van der Waals surface area contributed by atoms with Crippen molar-refractivity contribution >= 4 is 38.1 Å². The van der Waals surface area contributed by atoms with E-state index in [-0.39, 0.29) is 28.0 Å². The number of hydrogen-bond acceptors (Lipinski definition) is 8. The van der Waals surface area contributed by atoms with Crippen LogP contribution in [0.4, 0.5) is 10.8 Å². The molecule has 3 N–H and O–H groups in total. The molecule has 0 aliphatic heterocycles. The highest BCUT2D eigenvalue weighted by molar-refractivity contribution is 7.93. The van der Waals surface area contributed by atoms with Gasteiger partial charge in [0.1, 0.15) is 15.7 Å². The van der Waals surface area contributed by atoms with Crippen LogP contribution in [0.3, 0.4) is 0 Å². The number of nitrogens with two attached hydrogens (primary N) is 1. The first-order chi connectivity index (χ1) is 9.94. The van der Waals surface area contributed by atoms with E-state index in [2.05, 4.69) is 14.7 Å². The van der Waals surface area contributed by atoms with Crippen molar-refractivity contribution in [3.05, 3.63) is 29.5 Å². The fraction of sp³-hybridized carbons (Fsp3) is 0.182. The molecule has 0 amide bonds. The number of nitrogens with zero attached hydrogens (tertiary/aromatic N) is 2. The maximum atomic E-state index is 12.2. The smallest absolute Gasteiger partial charge is 0.360 e. The van der Waals surface area contributed by atoms with Crippen LogP contribution in [0.5, 0.6) is 0 Å². The molecule has 21 heavy (non-hydrogen) atoms. The number of rotatable bonds is 5. The zero-order chi connectivity index (χ0) is 15.5. The molecule has 0 bridgehead atoms. The van der Waals surface area contributed by atoms with Crippen molar-refractivity contribution in [1.82, 2.24) is 9.97 Å².